The smallest absolute Gasteiger partial charge is 0.254 e. The Morgan fingerprint density at radius 1 is 0.960 bits per heavy atom. The summed E-state index contributed by atoms with van der Waals surface area (Å²) in [5.41, 5.74) is 1.62. The molecule has 0 N–H and O–H groups in total. The van der Waals surface area contributed by atoms with Crippen LogP contribution in [0, 0.1) is 0 Å². The van der Waals surface area contributed by atoms with E-state index in [0.29, 0.717) is 30.2 Å². The van der Waals surface area contributed by atoms with Gasteiger partial charge in [0, 0.05) is 31.7 Å². The van der Waals surface area contributed by atoms with Crippen LogP contribution in [0.1, 0.15) is 10.4 Å². The molecule has 1 heterocycles. The Morgan fingerprint density at radius 2 is 1.64 bits per heavy atom. The molecule has 0 aliphatic carbocycles. The van der Waals surface area contributed by atoms with Crippen LogP contribution in [0.5, 0.6) is 11.5 Å². The number of halogens is 1. The van der Waals surface area contributed by atoms with E-state index in [0.717, 1.165) is 23.8 Å². The quantitative estimate of drug-likeness (QED) is 0.838. The monoisotopic (exact) mass is 360 g/mol. The maximum atomic E-state index is 12.8. The van der Waals surface area contributed by atoms with Crippen molar-refractivity contribution in [2.45, 2.75) is 0 Å². The zero-order chi connectivity index (χ0) is 17.8. The van der Waals surface area contributed by atoms with Crippen molar-refractivity contribution >= 4 is 23.2 Å². The van der Waals surface area contributed by atoms with E-state index >= 15 is 0 Å². The highest BCUT2D eigenvalue weighted by Gasteiger charge is 2.24. The normalized spacial score (nSPS) is 14.4. The van der Waals surface area contributed by atoms with Crippen LogP contribution in [0.25, 0.3) is 0 Å². The topological polar surface area (TPSA) is 42.0 Å². The molecule has 5 nitrogen and oxygen atoms in total. The van der Waals surface area contributed by atoms with Crippen molar-refractivity contribution in [1.29, 1.82) is 0 Å². The second-order valence-electron chi connectivity index (χ2n) is 5.80. The van der Waals surface area contributed by atoms with E-state index in [2.05, 4.69) is 4.90 Å². The SMILES string of the molecule is COc1ccc(C(=O)N2CCN(c3ccccc3Cl)CC2)cc1OC. The molecule has 132 valence electrons. The van der Waals surface area contributed by atoms with Gasteiger partial charge in [0.15, 0.2) is 11.5 Å². The summed E-state index contributed by atoms with van der Waals surface area (Å²) in [4.78, 5) is 16.8. The maximum Gasteiger partial charge on any atom is 0.254 e. The van der Waals surface area contributed by atoms with Gasteiger partial charge in [-0.15, -0.1) is 0 Å². The minimum absolute atomic E-state index is 0.000221. The highest BCUT2D eigenvalue weighted by molar-refractivity contribution is 6.33. The number of carbonyl (C=O) groups is 1. The predicted octanol–water partition coefficient (Wildman–Crippen LogP) is 3.32. The largest absolute Gasteiger partial charge is 0.493 e. The van der Waals surface area contributed by atoms with Gasteiger partial charge < -0.3 is 19.3 Å². The Hall–Kier alpha value is -2.40. The molecule has 1 saturated heterocycles. The van der Waals surface area contributed by atoms with Gasteiger partial charge in [0.2, 0.25) is 0 Å². The van der Waals surface area contributed by atoms with Gasteiger partial charge in [-0.2, -0.15) is 0 Å². The number of methoxy groups -OCH3 is 2. The third kappa shape index (κ3) is 3.66. The van der Waals surface area contributed by atoms with Crippen molar-refractivity contribution in [2.24, 2.45) is 0 Å². The average Bonchev–Trinajstić information content (AvgIpc) is 2.67. The van der Waals surface area contributed by atoms with Gasteiger partial charge in [0.25, 0.3) is 5.91 Å². The number of ether oxygens (including phenoxy) is 2. The lowest BCUT2D eigenvalue weighted by Gasteiger charge is -2.36. The van der Waals surface area contributed by atoms with Crippen molar-refractivity contribution < 1.29 is 14.3 Å². The summed E-state index contributed by atoms with van der Waals surface area (Å²) in [6.45, 7) is 2.81. The van der Waals surface area contributed by atoms with Crippen LogP contribution in [0.3, 0.4) is 0 Å². The molecule has 2 aromatic carbocycles. The number of anilines is 1. The number of rotatable bonds is 4. The molecule has 2 aromatic rings. The number of amides is 1. The molecule has 1 amide bonds. The zero-order valence-electron chi connectivity index (χ0n) is 14.4. The summed E-state index contributed by atoms with van der Waals surface area (Å²) in [6, 6.07) is 13.0. The Balaban J connectivity index is 1.69. The lowest BCUT2D eigenvalue weighted by atomic mass is 10.1. The first kappa shape index (κ1) is 17.4. The first-order valence-corrected chi connectivity index (χ1v) is 8.52. The van der Waals surface area contributed by atoms with E-state index < -0.39 is 0 Å². The van der Waals surface area contributed by atoms with E-state index in [4.69, 9.17) is 21.1 Å². The van der Waals surface area contributed by atoms with Gasteiger partial charge in [-0.3, -0.25) is 4.79 Å². The van der Waals surface area contributed by atoms with Crippen molar-refractivity contribution in [1.82, 2.24) is 4.90 Å². The lowest BCUT2D eigenvalue weighted by Crippen LogP contribution is -2.48. The molecule has 0 spiro atoms. The summed E-state index contributed by atoms with van der Waals surface area (Å²) < 4.78 is 10.5. The van der Waals surface area contributed by atoms with E-state index in [9.17, 15) is 4.79 Å². The highest BCUT2D eigenvalue weighted by Crippen LogP contribution is 2.29. The first-order chi connectivity index (χ1) is 12.1. The summed E-state index contributed by atoms with van der Waals surface area (Å²) >= 11 is 6.27. The Bertz CT molecular complexity index is 758. The molecule has 1 fully saturated rings. The van der Waals surface area contributed by atoms with E-state index in [-0.39, 0.29) is 5.91 Å². The molecule has 0 bridgehead atoms. The minimum atomic E-state index is -0.000221. The maximum absolute atomic E-state index is 12.8. The standard InChI is InChI=1S/C19H21ClN2O3/c1-24-17-8-7-14(13-18(17)25-2)19(23)22-11-9-21(10-12-22)16-6-4-3-5-15(16)20/h3-8,13H,9-12H2,1-2H3. The molecular formula is C19H21ClN2O3. The van der Waals surface area contributed by atoms with Crippen LogP contribution in [0.4, 0.5) is 5.69 Å². The summed E-state index contributed by atoms with van der Waals surface area (Å²) in [5, 5.41) is 0.738. The van der Waals surface area contributed by atoms with Crippen molar-refractivity contribution in [3.05, 3.63) is 53.1 Å². The second kappa shape index (κ2) is 7.66. The zero-order valence-corrected chi connectivity index (χ0v) is 15.1. The number of hydrogen-bond donors (Lipinski definition) is 0. The van der Waals surface area contributed by atoms with Crippen molar-refractivity contribution in [3.8, 4) is 11.5 Å². The van der Waals surface area contributed by atoms with Gasteiger partial charge in [-0.05, 0) is 30.3 Å². The fourth-order valence-electron chi connectivity index (χ4n) is 3.01. The molecule has 6 heteroatoms. The van der Waals surface area contributed by atoms with Crippen LogP contribution < -0.4 is 14.4 Å². The van der Waals surface area contributed by atoms with E-state index in [1.807, 2.05) is 29.2 Å². The molecular weight excluding hydrogens is 340 g/mol. The molecule has 1 aliphatic heterocycles. The number of hydrogen-bond acceptors (Lipinski definition) is 4. The third-order valence-corrected chi connectivity index (χ3v) is 4.71. The summed E-state index contributed by atoms with van der Waals surface area (Å²) in [5.74, 6) is 1.17. The van der Waals surface area contributed by atoms with Crippen LogP contribution in [0.2, 0.25) is 5.02 Å². The number of benzene rings is 2. The highest BCUT2D eigenvalue weighted by atomic mass is 35.5. The van der Waals surface area contributed by atoms with Crippen LogP contribution in [0.15, 0.2) is 42.5 Å². The van der Waals surface area contributed by atoms with Gasteiger partial charge >= 0.3 is 0 Å². The lowest BCUT2D eigenvalue weighted by molar-refractivity contribution is 0.0746. The predicted molar refractivity (Wildman–Crippen MR) is 99.1 cm³/mol. The molecule has 0 saturated carbocycles. The molecule has 1 aliphatic rings. The Morgan fingerprint density at radius 3 is 2.28 bits per heavy atom. The molecule has 3 rings (SSSR count). The van der Waals surface area contributed by atoms with Crippen LogP contribution >= 0.6 is 11.6 Å². The summed E-state index contributed by atoms with van der Waals surface area (Å²) in [7, 11) is 3.14. The Labute approximate surface area is 152 Å². The number of piperazine rings is 1. The first-order valence-electron chi connectivity index (χ1n) is 8.15. The molecule has 25 heavy (non-hydrogen) atoms. The molecule has 0 radical (unpaired) electrons. The number of para-hydroxylation sites is 1. The van der Waals surface area contributed by atoms with Crippen molar-refractivity contribution in [3.63, 3.8) is 0 Å². The minimum Gasteiger partial charge on any atom is -0.493 e. The van der Waals surface area contributed by atoms with Gasteiger partial charge in [-0.1, -0.05) is 23.7 Å². The Kier molecular flexibility index (Phi) is 5.34. The molecule has 0 atom stereocenters. The fourth-order valence-corrected chi connectivity index (χ4v) is 3.27. The molecule has 0 unspecified atom stereocenters. The fraction of sp³-hybridized carbons (Fsp3) is 0.316. The number of carbonyl (C=O) groups excluding carboxylic acids is 1. The summed E-state index contributed by atoms with van der Waals surface area (Å²) in [6.07, 6.45) is 0. The van der Waals surface area contributed by atoms with Gasteiger partial charge in [0.05, 0.1) is 24.9 Å². The van der Waals surface area contributed by atoms with Gasteiger partial charge in [-0.25, -0.2) is 0 Å². The van der Waals surface area contributed by atoms with Crippen LogP contribution in [-0.4, -0.2) is 51.2 Å². The van der Waals surface area contributed by atoms with Crippen molar-refractivity contribution in [2.75, 3.05) is 45.3 Å². The van der Waals surface area contributed by atoms with Crippen LogP contribution in [-0.2, 0) is 0 Å². The van der Waals surface area contributed by atoms with Gasteiger partial charge in [0.1, 0.15) is 0 Å². The van der Waals surface area contributed by atoms with E-state index in [1.54, 1.807) is 32.4 Å². The number of nitrogens with zero attached hydrogens (tertiary/aromatic N) is 2. The third-order valence-electron chi connectivity index (χ3n) is 4.39. The van der Waals surface area contributed by atoms with E-state index in [1.165, 1.54) is 0 Å². The molecule has 0 aromatic heterocycles. The average molecular weight is 361 g/mol. The second-order valence-corrected chi connectivity index (χ2v) is 6.21.